The Morgan fingerprint density at radius 3 is 2.67 bits per heavy atom. The zero-order chi connectivity index (χ0) is 13.7. The number of carbonyl (C=O) groups is 1. The maximum absolute atomic E-state index is 12.1. The summed E-state index contributed by atoms with van der Waals surface area (Å²) in [7, 11) is 1.63. The van der Waals surface area contributed by atoms with Crippen LogP contribution in [0.5, 0.6) is 0 Å². The van der Waals surface area contributed by atoms with E-state index in [4.69, 9.17) is 10.5 Å². The molecule has 4 nitrogen and oxygen atoms in total. The molecule has 0 heterocycles. The molecular weight excluding hydrogens is 296 g/mol. The van der Waals surface area contributed by atoms with Crippen molar-refractivity contribution in [2.75, 3.05) is 19.5 Å². The fraction of sp³-hybridized carbons (Fsp3) is 0.462. The number of halogens is 1. The van der Waals surface area contributed by atoms with Crippen LogP contribution in [0.2, 0.25) is 0 Å². The van der Waals surface area contributed by atoms with Gasteiger partial charge in [0.05, 0.1) is 12.6 Å². The van der Waals surface area contributed by atoms with Crippen molar-refractivity contribution in [2.45, 2.75) is 19.9 Å². The smallest absolute Gasteiger partial charge is 0.251 e. The van der Waals surface area contributed by atoms with E-state index in [1.165, 1.54) is 0 Å². The lowest BCUT2D eigenvalue weighted by atomic mass is 10.0. The van der Waals surface area contributed by atoms with Gasteiger partial charge >= 0.3 is 0 Å². The van der Waals surface area contributed by atoms with Crippen LogP contribution in [0.15, 0.2) is 22.7 Å². The van der Waals surface area contributed by atoms with Crippen molar-refractivity contribution in [3.8, 4) is 0 Å². The molecule has 0 bridgehead atoms. The van der Waals surface area contributed by atoms with E-state index in [0.717, 1.165) is 4.47 Å². The summed E-state index contributed by atoms with van der Waals surface area (Å²) in [5.74, 6) is 0.192. The Labute approximate surface area is 116 Å². The number of anilines is 1. The highest BCUT2D eigenvalue weighted by Gasteiger charge is 2.17. The molecule has 0 fully saturated rings. The van der Waals surface area contributed by atoms with Crippen molar-refractivity contribution in [3.63, 3.8) is 0 Å². The van der Waals surface area contributed by atoms with Crippen LogP contribution >= 0.6 is 15.9 Å². The molecule has 0 saturated heterocycles. The highest BCUT2D eigenvalue weighted by Crippen LogP contribution is 2.20. The Balaban J connectivity index is 2.77. The van der Waals surface area contributed by atoms with Crippen LogP contribution in [0.1, 0.15) is 24.2 Å². The van der Waals surface area contributed by atoms with Gasteiger partial charge in [0.2, 0.25) is 0 Å². The van der Waals surface area contributed by atoms with Crippen molar-refractivity contribution >= 4 is 27.5 Å². The van der Waals surface area contributed by atoms with Crippen molar-refractivity contribution < 1.29 is 9.53 Å². The SMILES string of the molecule is COCC(NC(=O)c1ccc(N)c(Br)c1)C(C)C. The van der Waals surface area contributed by atoms with Gasteiger partial charge in [-0.25, -0.2) is 0 Å². The first kappa shape index (κ1) is 15.0. The van der Waals surface area contributed by atoms with Gasteiger partial charge in [0.1, 0.15) is 0 Å². The molecule has 5 heteroatoms. The molecule has 0 spiro atoms. The van der Waals surface area contributed by atoms with E-state index < -0.39 is 0 Å². The van der Waals surface area contributed by atoms with Gasteiger partial charge in [-0.3, -0.25) is 4.79 Å². The van der Waals surface area contributed by atoms with Crippen LogP contribution in [-0.4, -0.2) is 25.7 Å². The molecule has 1 aromatic rings. The van der Waals surface area contributed by atoms with Gasteiger partial charge in [0.15, 0.2) is 0 Å². The molecule has 0 saturated carbocycles. The summed E-state index contributed by atoms with van der Waals surface area (Å²) in [6.45, 7) is 4.59. The van der Waals surface area contributed by atoms with E-state index >= 15 is 0 Å². The van der Waals surface area contributed by atoms with Gasteiger partial charge in [0, 0.05) is 22.8 Å². The Bertz CT molecular complexity index is 421. The summed E-state index contributed by atoms with van der Waals surface area (Å²) in [5, 5.41) is 2.95. The number of benzene rings is 1. The van der Waals surface area contributed by atoms with E-state index in [9.17, 15) is 4.79 Å². The molecule has 0 aliphatic rings. The van der Waals surface area contributed by atoms with Crippen molar-refractivity contribution in [2.24, 2.45) is 5.92 Å². The van der Waals surface area contributed by atoms with Gasteiger partial charge < -0.3 is 15.8 Å². The number of nitrogens with two attached hydrogens (primary N) is 1. The van der Waals surface area contributed by atoms with Crippen LogP contribution in [0.3, 0.4) is 0 Å². The number of ether oxygens (including phenoxy) is 1. The minimum Gasteiger partial charge on any atom is -0.398 e. The number of amides is 1. The summed E-state index contributed by atoms with van der Waals surface area (Å²) in [6.07, 6.45) is 0. The topological polar surface area (TPSA) is 64.3 Å². The second-order valence-corrected chi connectivity index (χ2v) is 5.37. The minimum absolute atomic E-state index is 0.00108. The van der Waals surface area contributed by atoms with E-state index in [1.807, 2.05) is 13.8 Å². The number of carbonyl (C=O) groups excluding carboxylic acids is 1. The number of rotatable bonds is 5. The number of hydrogen-bond acceptors (Lipinski definition) is 3. The van der Waals surface area contributed by atoms with E-state index in [2.05, 4.69) is 21.2 Å². The summed E-state index contributed by atoms with van der Waals surface area (Å²) >= 11 is 3.31. The average molecular weight is 315 g/mol. The average Bonchev–Trinajstić information content (AvgIpc) is 2.31. The molecule has 1 unspecified atom stereocenters. The quantitative estimate of drug-likeness (QED) is 0.820. The lowest BCUT2D eigenvalue weighted by Crippen LogP contribution is -2.41. The molecule has 0 aliphatic heterocycles. The van der Waals surface area contributed by atoms with E-state index in [1.54, 1.807) is 25.3 Å². The predicted molar refractivity (Wildman–Crippen MR) is 76.5 cm³/mol. The summed E-state index contributed by atoms with van der Waals surface area (Å²) in [4.78, 5) is 12.1. The number of nitrogen functional groups attached to an aromatic ring is 1. The zero-order valence-corrected chi connectivity index (χ0v) is 12.5. The predicted octanol–water partition coefficient (Wildman–Crippen LogP) is 2.43. The Morgan fingerprint density at radius 2 is 2.17 bits per heavy atom. The zero-order valence-electron chi connectivity index (χ0n) is 10.9. The normalized spacial score (nSPS) is 12.5. The largest absolute Gasteiger partial charge is 0.398 e. The van der Waals surface area contributed by atoms with Crippen LogP contribution in [0.4, 0.5) is 5.69 Å². The molecule has 1 amide bonds. The fourth-order valence-electron chi connectivity index (χ4n) is 1.50. The number of hydrogen-bond donors (Lipinski definition) is 2. The standard InChI is InChI=1S/C13H19BrN2O2/c1-8(2)12(7-18-3)16-13(17)9-4-5-11(15)10(14)6-9/h4-6,8,12H,7,15H2,1-3H3,(H,16,17). The molecule has 3 N–H and O–H groups in total. The molecule has 0 aliphatic carbocycles. The Kier molecular flexibility index (Phi) is 5.62. The van der Waals surface area contributed by atoms with Crippen LogP contribution in [0.25, 0.3) is 0 Å². The van der Waals surface area contributed by atoms with Crippen molar-refractivity contribution in [3.05, 3.63) is 28.2 Å². The van der Waals surface area contributed by atoms with E-state index in [0.29, 0.717) is 23.8 Å². The maximum atomic E-state index is 12.1. The van der Waals surface area contributed by atoms with Gasteiger partial charge in [-0.15, -0.1) is 0 Å². The van der Waals surface area contributed by atoms with Gasteiger partial charge in [-0.2, -0.15) is 0 Å². The maximum Gasteiger partial charge on any atom is 0.251 e. The van der Waals surface area contributed by atoms with Crippen LogP contribution in [-0.2, 0) is 4.74 Å². The second-order valence-electron chi connectivity index (χ2n) is 4.52. The highest BCUT2D eigenvalue weighted by atomic mass is 79.9. The molecule has 1 atom stereocenters. The van der Waals surface area contributed by atoms with E-state index in [-0.39, 0.29) is 11.9 Å². The number of nitrogens with one attached hydrogen (secondary N) is 1. The fourth-order valence-corrected chi connectivity index (χ4v) is 1.88. The number of methoxy groups -OCH3 is 1. The lowest BCUT2D eigenvalue weighted by molar-refractivity contribution is 0.0866. The first-order valence-electron chi connectivity index (χ1n) is 5.80. The third kappa shape index (κ3) is 3.99. The molecule has 1 rings (SSSR count). The lowest BCUT2D eigenvalue weighted by Gasteiger charge is -2.21. The van der Waals surface area contributed by atoms with Crippen molar-refractivity contribution in [1.29, 1.82) is 0 Å². The highest BCUT2D eigenvalue weighted by molar-refractivity contribution is 9.10. The van der Waals surface area contributed by atoms with Gasteiger partial charge in [-0.05, 0) is 40.0 Å². The molecule has 0 aromatic heterocycles. The Morgan fingerprint density at radius 1 is 1.50 bits per heavy atom. The summed E-state index contributed by atoms with van der Waals surface area (Å²) in [5.41, 5.74) is 6.88. The third-order valence-electron chi connectivity index (χ3n) is 2.73. The molecule has 0 radical (unpaired) electrons. The first-order valence-corrected chi connectivity index (χ1v) is 6.59. The molecule has 100 valence electrons. The van der Waals surface area contributed by atoms with Crippen LogP contribution in [0, 0.1) is 5.92 Å². The van der Waals surface area contributed by atoms with Gasteiger partial charge in [-0.1, -0.05) is 13.8 Å². The van der Waals surface area contributed by atoms with Crippen LogP contribution < -0.4 is 11.1 Å². The molecular formula is C13H19BrN2O2. The Hall–Kier alpha value is -1.07. The van der Waals surface area contributed by atoms with Crippen molar-refractivity contribution in [1.82, 2.24) is 5.32 Å². The monoisotopic (exact) mass is 314 g/mol. The third-order valence-corrected chi connectivity index (χ3v) is 3.42. The first-order chi connectivity index (χ1) is 8.45. The minimum atomic E-state index is -0.119. The summed E-state index contributed by atoms with van der Waals surface area (Å²) < 4.78 is 5.83. The second kappa shape index (κ2) is 6.75. The summed E-state index contributed by atoms with van der Waals surface area (Å²) in [6, 6.07) is 5.13. The molecule has 18 heavy (non-hydrogen) atoms. The molecule has 1 aromatic carbocycles. The van der Waals surface area contributed by atoms with Gasteiger partial charge in [0.25, 0.3) is 5.91 Å².